The normalized spacial score (nSPS) is 19.6. The van der Waals surface area contributed by atoms with Gasteiger partial charge in [-0.3, -0.25) is 0 Å². The van der Waals surface area contributed by atoms with Gasteiger partial charge in [-0.25, -0.2) is 9.98 Å². The second-order valence-corrected chi connectivity index (χ2v) is 6.91. The molecule has 27 heavy (non-hydrogen) atoms. The van der Waals surface area contributed by atoms with Crippen LogP contribution in [0, 0.1) is 0 Å². The summed E-state index contributed by atoms with van der Waals surface area (Å²) in [6.45, 7) is 7.44. The predicted octanol–water partition coefficient (Wildman–Crippen LogP) is 2.17. The molecular formula is C21H27N5O. The van der Waals surface area contributed by atoms with Crippen molar-refractivity contribution in [3.63, 3.8) is 0 Å². The summed E-state index contributed by atoms with van der Waals surface area (Å²) in [7, 11) is 0. The third kappa shape index (κ3) is 4.15. The molecule has 1 N–H and O–H groups in total. The molecule has 142 valence electrons. The Labute approximate surface area is 160 Å². The van der Waals surface area contributed by atoms with Gasteiger partial charge in [0.2, 0.25) is 0 Å². The van der Waals surface area contributed by atoms with Gasteiger partial charge in [0.05, 0.1) is 6.54 Å². The average Bonchev–Trinajstić information content (AvgIpc) is 3.15. The topological polar surface area (TPSA) is 53.0 Å². The van der Waals surface area contributed by atoms with Crippen molar-refractivity contribution in [3.05, 3.63) is 54.2 Å². The van der Waals surface area contributed by atoms with E-state index in [1.165, 1.54) is 5.56 Å². The minimum Gasteiger partial charge on any atom is -0.488 e. The number of ether oxygens (including phenoxy) is 1. The van der Waals surface area contributed by atoms with Gasteiger partial charge < -0.3 is 19.9 Å². The first-order chi connectivity index (χ1) is 13.3. The molecule has 0 saturated carbocycles. The van der Waals surface area contributed by atoms with Crippen LogP contribution in [0.1, 0.15) is 12.5 Å². The smallest absolute Gasteiger partial charge is 0.194 e. The maximum absolute atomic E-state index is 6.03. The van der Waals surface area contributed by atoms with Crippen LogP contribution in [-0.4, -0.2) is 61.2 Å². The number of para-hydroxylation sites is 1. The molecule has 1 aromatic heterocycles. The van der Waals surface area contributed by atoms with E-state index in [1.54, 1.807) is 0 Å². The Bertz CT molecular complexity index is 746. The van der Waals surface area contributed by atoms with Crippen LogP contribution in [0.4, 0.5) is 5.82 Å². The summed E-state index contributed by atoms with van der Waals surface area (Å²) in [5.74, 6) is 3.04. The lowest BCUT2D eigenvalue weighted by molar-refractivity contribution is 0.240. The zero-order valence-corrected chi connectivity index (χ0v) is 15.8. The van der Waals surface area contributed by atoms with E-state index >= 15 is 0 Å². The van der Waals surface area contributed by atoms with Crippen LogP contribution in [0.15, 0.2) is 53.7 Å². The molecule has 0 aliphatic carbocycles. The van der Waals surface area contributed by atoms with Gasteiger partial charge in [-0.05, 0) is 30.7 Å². The maximum Gasteiger partial charge on any atom is 0.194 e. The first kappa shape index (κ1) is 17.6. The number of pyridine rings is 1. The molecule has 1 atom stereocenters. The number of fused-ring (bicyclic) bond motifs is 1. The van der Waals surface area contributed by atoms with E-state index in [2.05, 4.69) is 45.2 Å². The van der Waals surface area contributed by atoms with E-state index in [0.29, 0.717) is 6.54 Å². The number of rotatable bonds is 4. The Balaban J connectivity index is 1.35. The highest BCUT2D eigenvalue weighted by Crippen LogP contribution is 2.28. The van der Waals surface area contributed by atoms with Crippen molar-refractivity contribution < 1.29 is 4.74 Å². The largest absolute Gasteiger partial charge is 0.488 e. The second kappa shape index (κ2) is 8.29. The van der Waals surface area contributed by atoms with Crippen LogP contribution < -0.4 is 15.0 Å². The number of piperazine rings is 1. The van der Waals surface area contributed by atoms with E-state index < -0.39 is 0 Å². The number of nitrogens with one attached hydrogen (secondary N) is 1. The molecule has 2 aliphatic rings. The van der Waals surface area contributed by atoms with Gasteiger partial charge in [0.15, 0.2) is 5.96 Å². The molecule has 1 saturated heterocycles. The lowest BCUT2D eigenvalue weighted by Gasteiger charge is -2.37. The summed E-state index contributed by atoms with van der Waals surface area (Å²) in [5, 5.41) is 3.44. The minimum atomic E-state index is 0.130. The summed E-state index contributed by atoms with van der Waals surface area (Å²) < 4.78 is 6.03. The van der Waals surface area contributed by atoms with E-state index in [9.17, 15) is 0 Å². The summed E-state index contributed by atoms with van der Waals surface area (Å²) in [6.07, 6.45) is 2.92. The Hall–Kier alpha value is -2.76. The van der Waals surface area contributed by atoms with Crippen LogP contribution in [0.5, 0.6) is 5.75 Å². The quantitative estimate of drug-likeness (QED) is 0.665. The zero-order valence-electron chi connectivity index (χ0n) is 15.8. The number of guanidine groups is 1. The van der Waals surface area contributed by atoms with Gasteiger partial charge in [0, 0.05) is 45.3 Å². The van der Waals surface area contributed by atoms with Crippen molar-refractivity contribution in [2.75, 3.05) is 44.2 Å². The molecule has 3 heterocycles. The molecule has 2 aromatic rings. The number of anilines is 1. The van der Waals surface area contributed by atoms with Crippen molar-refractivity contribution in [2.45, 2.75) is 19.4 Å². The highest BCUT2D eigenvalue weighted by atomic mass is 16.5. The van der Waals surface area contributed by atoms with Crippen molar-refractivity contribution in [1.29, 1.82) is 0 Å². The molecular weight excluding hydrogens is 338 g/mol. The van der Waals surface area contributed by atoms with Gasteiger partial charge in [-0.15, -0.1) is 0 Å². The van der Waals surface area contributed by atoms with E-state index in [0.717, 1.165) is 56.7 Å². The summed E-state index contributed by atoms with van der Waals surface area (Å²) in [6, 6.07) is 14.3. The lowest BCUT2D eigenvalue weighted by Crippen LogP contribution is -2.53. The third-order valence-corrected chi connectivity index (χ3v) is 5.05. The van der Waals surface area contributed by atoms with Gasteiger partial charge >= 0.3 is 0 Å². The van der Waals surface area contributed by atoms with Crippen LogP contribution in [0.3, 0.4) is 0 Å². The number of aliphatic imine (C=N–C) groups is 1. The predicted molar refractivity (Wildman–Crippen MR) is 109 cm³/mol. The lowest BCUT2D eigenvalue weighted by atomic mass is 10.1. The summed E-state index contributed by atoms with van der Waals surface area (Å²) in [4.78, 5) is 14.0. The molecule has 1 unspecified atom stereocenters. The van der Waals surface area contributed by atoms with Crippen molar-refractivity contribution in [3.8, 4) is 5.75 Å². The minimum absolute atomic E-state index is 0.130. The Morgan fingerprint density at radius 3 is 2.70 bits per heavy atom. The van der Waals surface area contributed by atoms with Crippen LogP contribution >= 0.6 is 0 Å². The van der Waals surface area contributed by atoms with Gasteiger partial charge in [0.25, 0.3) is 0 Å². The molecule has 6 heteroatoms. The molecule has 4 rings (SSSR count). The number of nitrogens with zero attached hydrogens (tertiary/aromatic N) is 4. The van der Waals surface area contributed by atoms with Crippen LogP contribution in [-0.2, 0) is 6.42 Å². The fraction of sp³-hybridized carbons (Fsp3) is 0.429. The monoisotopic (exact) mass is 365 g/mol. The van der Waals surface area contributed by atoms with E-state index in [4.69, 9.17) is 9.73 Å². The fourth-order valence-corrected chi connectivity index (χ4v) is 3.66. The Kier molecular flexibility index (Phi) is 5.42. The molecule has 1 aromatic carbocycles. The van der Waals surface area contributed by atoms with Gasteiger partial charge in [-0.1, -0.05) is 24.3 Å². The molecule has 0 spiro atoms. The SMILES string of the molecule is CCNC(=NCC1Cc2ccccc2O1)N1CCN(c2ccccn2)CC1. The van der Waals surface area contributed by atoms with Crippen molar-refractivity contribution in [1.82, 2.24) is 15.2 Å². The summed E-state index contributed by atoms with van der Waals surface area (Å²) >= 11 is 0. The molecule has 2 aliphatic heterocycles. The number of aromatic nitrogens is 1. The standard InChI is InChI=1S/C21H27N5O/c1-2-22-21(24-16-18-15-17-7-3-4-8-19(17)27-18)26-13-11-25(12-14-26)20-9-5-6-10-23-20/h3-10,18H,2,11-16H2,1H3,(H,22,24). The van der Waals surface area contributed by atoms with Crippen LogP contribution in [0.25, 0.3) is 0 Å². The van der Waals surface area contributed by atoms with E-state index in [-0.39, 0.29) is 6.10 Å². The molecule has 0 amide bonds. The van der Waals surface area contributed by atoms with Gasteiger partial charge in [-0.2, -0.15) is 0 Å². The van der Waals surface area contributed by atoms with Gasteiger partial charge in [0.1, 0.15) is 17.7 Å². The van der Waals surface area contributed by atoms with Crippen molar-refractivity contribution in [2.24, 2.45) is 4.99 Å². The number of benzene rings is 1. The third-order valence-electron chi connectivity index (χ3n) is 5.05. The number of hydrogen-bond donors (Lipinski definition) is 1. The molecule has 1 fully saturated rings. The molecule has 6 nitrogen and oxygen atoms in total. The fourth-order valence-electron chi connectivity index (χ4n) is 3.66. The zero-order chi connectivity index (χ0) is 18.5. The number of hydrogen-bond acceptors (Lipinski definition) is 4. The van der Waals surface area contributed by atoms with Crippen LogP contribution in [0.2, 0.25) is 0 Å². The first-order valence-corrected chi connectivity index (χ1v) is 9.77. The Morgan fingerprint density at radius 2 is 1.96 bits per heavy atom. The Morgan fingerprint density at radius 1 is 1.15 bits per heavy atom. The first-order valence-electron chi connectivity index (χ1n) is 9.77. The molecule has 0 bridgehead atoms. The van der Waals surface area contributed by atoms with E-state index in [1.807, 2.05) is 30.5 Å². The maximum atomic E-state index is 6.03. The highest BCUT2D eigenvalue weighted by Gasteiger charge is 2.24. The van der Waals surface area contributed by atoms with Crippen molar-refractivity contribution >= 4 is 11.8 Å². The second-order valence-electron chi connectivity index (χ2n) is 6.91. The summed E-state index contributed by atoms with van der Waals surface area (Å²) in [5.41, 5.74) is 1.28. The average molecular weight is 365 g/mol. The molecule has 0 radical (unpaired) electrons. The highest BCUT2D eigenvalue weighted by molar-refractivity contribution is 5.80.